The average molecular weight is 481 g/mol. The van der Waals surface area contributed by atoms with Crippen molar-refractivity contribution in [1.82, 2.24) is 30.4 Å². The Balaban J connectivity index is 1.57. The average Bonchev–Trinajstić information content (AvgIpc) is 3.46. The largest absolute Gasteiger partial charge is 0.378 e. The molecule has 1 aliphatic rings. The Kier molecular flexibility index (Phi) is 7.48. The third-order valence-corrected chi connectivity index (χ3v) is 5.63. The Bertz CT molecular complexity index is 1150. The number of nitrogens with zero attached hydrogens (tertiary/aromatic N) is 8. The first kappa shape index (κ1) is 24.0. The highest BCUT2D eigenvalue weighted by Crippen LogP contribution is 2.37. The molecule has 4 heterocycles. The number of morpholine rings is 1. The number of likely N-dealkylation sites (N-methyl/N-ethyl adjacent to an activating group) is 2. The first-order chi connectivity index (χ1) is 17.0. The quantitative estimate of drug-likeness (QED) is 0.231. The standard InChI is InChI=1S/C22H28N10O3/c1-23-17-19(30(2)7-8-31(3)22-25-13-15(14-26-22)21(33)29-34)27-18(16-5-4-6-24-16)28-20(17)32-9-11-35-12-10-32/h4-6,13-14,24,34H,1,7-12H2,2-3H3,(H,29,33). The molecular formula is C22H28N10O3. The van der Waals surface area contributed by atoms with Gasteiger partial charge in [-0.15, -0.1) is 0 Å². The molecule has 0 spiro atoms. The van der Waals surface area contributed by atoms with Crippen LogP contribution in [0.3, 0.4) is 0 Å². The van der Waals surface area contributed by atoms with Crippen LogP contribution in [0.1, 0.15) is 10.4 Å². The second kappa shape index (κ2) is 10.9. The topological polar surface area (TPSA) is 148 Å². The number of hydrogen-bond acceptors (Lipinski definition) is 11. The number of H-pyrrole nitrogens is 1. The summed E-state index contributed by atoms with van der Waals surface area (Å²) in [6.07, 6.45) is 4.55. The Morgan fingerprint density at radius 3 is 2.57 bits per heavy atom. The van der Waals surface area contributed by atoms with Crippen LogP contribution in [0.5, 0.6) is 0 Å². The summed E-state index contributed by atoms with van der Waals surface area (Å²) in [6.45, 7) is 7.58. The van der Waals surface area contributed by atoms with E-state index in [0.717, 1.165) is 11.5 Å². The highest BCUT2D eigenvalue weighted by molar-refractivity contribution is 5.92. The van der Waals surface area contributed by atoms with Crippen LogP contribution >= 0.6 is 0 Å². The fourth-order valence-electron chi connectivity index (χ4n) is 3.63. The Labute approximate surface area is 202 Å². The van der Waals surface area contributed by atoms with Crippen molar-refractivity contribution in [3.05, 3.63) is 36.3 Å². The SMILES string of the molecule is C=Nc1c(N(C)CCN(C)c2ncc(C(=O)NO)cn2)nc(-c2ccc[nH]2)nc1N1CCOCC1. The van der Waals surface area contributed by atoms with Gasteiger partial charge in [0.25, 0.3) is 5.91 Å². The number of amides is 1. The van der Waals surface area contributed by atoms with E-state index in [0.29, 0.717) is 62.7 Å². The van der Waals surface area contributed by atoms with Crippen molar-refractivity contribution in [2.45, 2.75) is 0 Å². The minimum atomic E-state index is -0.666. The summed E-state index contributed by atoms with van der Waals surface area (Å²) >= 11 is 0. The number of anilines is 3. The Hall–Kier alpha value is -4.10. The molecule has 0 radical (unpaired) electrons. The van der Waals surface area contributed by atoms with Crippen LogP contribution in [0.15, 0.2) is 35.7 Å². The van der Waals surface area contributed by atoms with E-state index in [1.54, 1.807) is 5.48 Å². The van der Waals surface area contributed by atoms with Gasteiger partial charge in [0, 0.05) is 58.9 Å². The van der Waals surface area contributed by atoms with E-state index in [9.17, 15) is 4.79 Å². The van der Waals surface area contributed by atoms with E-state index in [-0.39, 0.29) is 5.56 Å². The van der Waals surface area contributed by atoms with Crippen molar-refractivity contribution in [3.63, 3.8) is 0 Å². The summed E-state index contributed by atoms with van der Waals surface area (Å²) in [4.78, 5) is 43.0. The molecule has 35 heavy (non-hydrogen) atoms. The van der Waals surface area contributed by atoms with Crippen molar-refractivity contribution in [3.8, 4) is 11.5 Å². The van der Waals surface area contributed by atoms with Crippen LogP contribution < -0.4 is 20.2 Å². The summed E-state index contributed by atoms with van der Waals surface area (Å²) in [7, 11) is 3.78. The molecule has 0 aromatic carbocycles. The van der Waals surface area contributed by atoms with Gasteiger partial charge in [-0.05, 0) is 18.9 Å². The molecule has 1 saturated heterocycles. The van der Waals surface area contributed by atoms with Crippen LogP contribution in [0, 0.1) is 0 Å². The highest BCUT2D eigenvalue weighted by Gasteiger charge is 2.24. The molecule has 13 nitrogen and oxygen atoms in total. The number of carbonyl (C=O) groups excluding carboxylic acids is 1. The summed E-state index contributed by atoms with van der Waals surface area (Å²) in [6, 6.07) is 3.83. The van der Waals surface area contributed by atoms with Crippen molar-refractivity contribution in [2.24, 2.45) is 4.99 Å². The number of hydrogen-bond donors (Lipinski definition) is 3. The van der Waals surface area contributed by atoms with E-state index in [2.05, 4.69) is 31.6 Å². The second-order valence-electron chi connectivity index (χ2n) is 7.94. The van der Waals surface area contributed by atoms with Gasteiger partial charge >= 0.3 is 0 Å². The first-order valence-electron chi connectivity index (χ1n) is 11.1. The van der Waals surface area contributed by atoms with Gasteiger partial charge in [0.15, 0.2) is 17.5 Å². The number of ether oxygens (including phenoxy) is 1. The molecule has 3 aromatic rings. The number of hydroxylamine groups is 1. The third kappa shape index (κ3) is 5.36. The smallest absolute Gasteiger partial charge is 0.277 e. The highest BCUT2D eigenvalue weighted by atomic mass is 16.5. The van der Waals surface area contributed by atoms with E-state index < -0.39 is 5.91 Å². The molecule has 0 atom stereocenters. The van der Waals surface area contributed by atoms with Gasteiger partial charge in [-0.1, -0.05) is 0 Å². The molecule has 0 saturated carbocycles. The van der Waals surface area contributed by atoms with Gasteiger partial charge in [0.2, 0.25) is 5.95 Å². The van der Waals surface area contributed by atoms with E-state index in [1.807, 2.05) is 42.2 Å². The van der Waals surface area contributed by atoms with Gasteiger partial charge in [-0.2, -0.15) is 0 Å². The van der Waals surface area contributed by atoms with E-state index in [4.69, 9.17) is 19.9 Å². The normalized spacial score (nSPS) is 13.4. The monoisotopic (exact) mass is 480 g/mol. The van der Waals surface area contributed by atoms with Gasteiger partial charge in [0.05, 0.1) is 24.5 Å². The van der Waals surface area contributed by atoms with E-state index in [1.165, 1.54) is 12.4 Å². The van der Waals surface area contributed by atoms with Gasteiger partial charge < -0.3 is 24.4 Å². The van der Waals surface area contributed by atoms with Crippen molar-refractivity contribution in [2.75, 3.05) is 68.2 Å². The maximum absolute atomic E-state index is 11.5. The van der Waals surface area contributed by atoms with Crippen molar-refractivity contribution >= 4 is 35.9 Å². The molecule has 0 bridgehead atoms. The maximum atomic E-state index is 11.5. The van der Waals surface area contributed by atoms with Gasteiger partial charge in [0.1, 0.15) is 5.69 Å². The fourth-order valence-corrected chi connectivity index (χ4v) is 3.63. The number of aromatic amines is 1. The van der Waals surface area contributed by atoms with Gasteiger partial charge in [-0.3, -0.25) is 15.0 Å². The molecule has 3 N–H and O–H groups in total. The first-order valence-corrected chi connectivity index (χ1v) is 11.1. The van der Waals surface area contributed by atoms with Crippen molar-refractivity contribution < 1.29 is 14.7 Å². The second-order valence-corrected chi connectivity index (χ2v) is 7.94. The number of nitrogens with one attached hydrogen (secondary N) is 2. The lowest BCUT2D eigenvalue weighted by Gasteiger charge is -2.31. The Morgan fingerprint density at radius 2 is 1.94 bits per heavy atom. The molecule has 1 fully saturated rings. The minimum Gasteiger partial charge on any atom is -0.378 e. The molecule has 184 valence electrons. The van der Waals surface area contributed by atoms with Crippen molar-refractivity contribution in [1.29, 1.82) is 0 Å². The fraction of sp³-hybridized carbons (Fsp3) is 0.364. The summed E-state index contributed by atoms with van der Waals surface area (Å²) in [5.74, 6) is 1.73. The minimum absolute atomic E-state index is 0.164. The summed E-state index contributed by atoms with van der Waals surface area (Å²) in [5, 5.41) is 8.74. The zero-order chi connectivity index (χ0) is 24.8. The number of carbonyl (C=O) groups is 1. The maximum Gasteiger partial charge on any atom is 0.277 e. The predicted molar refractivity (Wildman–Crippen MR) is 132 cm³/mol. The zero-order valence-electron chi connectivity index (χ0n) is 19.7. The van der Waals surface area contributed by atoms with Crippen LogP contribution in [-0.4, -0.2) is 96.2 Å². The molecule has 0 unspecified atom stereocenters. The molecule has 13 heteroatoms. The van der Waals surface area contributed by atoms with Crippen LogP contribution in [0.25, 0.3) is 11.5 Å². The summed E-state index contributed by atoms with van der Waals surface area (Å²) in [5.41, 5.74) is 3.15. The number of aromatic nitrogens is 5. The zero-order valence-corrected chi connectivity index (χ0v) is 19.7. The molecule has 3 aromatic heterocycles. The third-order valence-electron chi connectivity index (χ3n) is 5.63. The molecule has 0 aliphatic carbocycles. The Morgan fingerprint density at radius 1 is 1.23 bits per heavy atom. The van der Waals surface area contributed by atoms with Gasteiger partial charge in [-0.25, -0.2) is 25.4 Å². The predicted octanol–water partition coefficient (Wildman–Crippen LogP) is 1.12. The lowest BCUT2D eigenvalue weighted by atomic mass is 10.3. The molecule has 4 rings (SSSR count). The van der Waals surface area contributed by atoms with Crippen LogP contribution in [-0.2, 0) is 4.74 Å². The lowest BCUT2D eigenvalue weighted by molar-refractivity contribution is 0.0705. The number of aliphatic imine (C=N–C) groups is 1. The molecule has 1 aliphatic heterocycles. The number of rotatable bonds is 9. The van der Waals surface area contributed by atoms with Crippen LogP contribution in [0.2, 0.25) is 0 Å². The van der Waals surface area contributed by atoms with Crippen LogP contribution in [0.4, 0.5) is 23.3 Å². The molecule has 1 amide bonds. The summed E-state index contributed by atoms with van der Waals surface area (Å²) < 4.78 is 5.51. The van der Waals surface area contributed by atoms with E-state index >= 15 is 0 Å². The lowest BCUT2D eigenvalue weighted by Crippen LogP contribution is -2.37. The molecular weight excluding hydrogens is 452 g/mol.